The van der Waals surface area contributed by atoms with Crippen LogP contribution in [0, 0.1) is 0 Å². The molecule has 0 saturated carbocycles. The van der Waals surface area contributed by atoms with Crippen molar-refractivity contribution in [3.63, 3.8) is 0 Å². The Labute approximate surface area is 133 Å². The Morgan fingerprint density at radius 2 is 1.73 bits per heavy atom. The van der Waals surface area contributed by atoms with E-state index in [0.29, 0.717) is 6.54 Å². The monoisotopic (exact) mass is 305 g/mol. The maximum Gasteiger partial charge on any atom is 0.233 e. The van der Waals surface area contributed by atoms with E-state index < -0.39 is 0 Å². The van der Waals surface area contributed by atoms with Crippen LogP contribution in [-0.4, -0.2) is 43.9 Å². The van der Waals surface area contributed by atoms with Gasteiger partial charge in [-0.3, -0.25) is 9.59 Å². The first-order valence-electron chi connectivity index (χ1n) is 7.51. The summed E-state index contributed by atoms with van der Waals surface area (Å²) in [5.74, 6) is -0.549. The SMILES string of the molecule is CN(C)CCNC(=O)CC(=O)Nc1ccccc1C(C)(C)C. The molecule has 5 heteroatoms. The molecule has 0 atom stereocenters. The molecular formula is C17H27N3O2. The minimum Gasteiger partial charge on any atom is -0.354 e. The van der Waals surface area contributed by atoms with E-state index >= 15 is 0 Å². The molecule has 1 aromatic carbocycles. The van der Waals surface area contributed by atoms with Crippen LogP contribution in [0.2, 0.25) is 0 Å². The lowest BCUT2D eigenvalue weighted by molar-refractivity contribution is -0.126. The highest BCUT2D eigenvalue weighted by atomic mass is 16.2. The van der Waals surface area contributed by atoms with Gasteiger partial charge < -0.3 is 15.5 Å². The fourth-order valence-electron chi connectivity index (χ4n) is 2.07. The number of carbonyl (C=O) groups excluding carboxylic acids is 2. The van der Waals surface area contributed by atoms with E-state index in [4.69, 9.17) is 0 Å². The van der Waals surface area contributed by atoms with E-state index in [-0.39, 0.29) is 23.7 Å². The first kappa shape index (κ1) is 18.2. The van der Waals surface area contributed by atoms with Crippen molar-refractivity contribution in [1.29, 1.82) is 0 Å². The van der Waals surface area contributed by atoms with Crippen molar-refractivity contribution in [2.45, 2.75) is 32.6 Å². The normalized spacial score (nSPS) is 11.4. The first-order valence-corrected chi connectivity index (χ1v) is 7.51. The first-order chi connectivity index (χ1) is 10.2. The topological polar surface area (TPSA) is 61.4 Å². The van der Waals surface area contributed by atoms with E-state index in [9.17, 15) is 9.59 Å². The fourth-order valence-corrected chi connectivity index (χ4v) is 2.07. The minimum absolute atomic E-state index is 0.0716. The summed E-state index contributed by atoms with van der Waals surface area (Å²) < 4.78 is 0. The van der Waals surface area contributed by atoms with Gasteiger partial charge in [0, 0.05) is 18.8 Å². The highest BCUT2D eigenvalue weighted by Crippen LogP contribution is 2.29. The molecule has 1 aromatic rings. The predicted octanol–water partition coefficient (Wildman–Crippen LogP) is 1.99. The van der Waals surface area contributed by atoms with E-state index in [2.05, 4.69) is 31.4 Å². The molecule has 0 radical (unpaired) electrons. The maximum absolute atomic E-state index is 12.0. The largest absolute Gasteiger partial charge is 0.354 e. The van der Waals surface area contributed by atoms with E-state index in [1.54, 1.807) is 0 Å². The Balaban J connectivity index is 2.57. The van der Waals surface area contributed by atoms with Crippen molar-refractivity contribution < 1.29 is 9.59 Å². The maximum atomic E-state index is 12.0. The van der Waals surface area contributed by atoms with Gasteiger partial charge in [0.05, 0.1) is 0 Å². The molecule has 0 heterocycles. The number of benzene rings is 1. The van der Waals surface area contributed by atoms with Crippen molar-refractivity contribution in [2.75, 3.05) is 32.5 Å². The number of nitrogens with zero attached hydrogens (tertiary/aromatic N) is 1. The number of likely N-dealkylation sites (N-methyl/N-ethyl adjacent to an activating group) is 1. The number of rotatable bonds is 6. The summed E-state index contributed by atoms with van der Waals surface area (Å²) in [6, 6.07) is 7.68. The Kier molecular flexibility index (Phi) is 6.56. The highest BCUT2D eigenvalue weighted by Gasteiger charge is 2.19. The molecule has 0 aliphatic carbocycles. The van der Waals surface area contributed by atoms with Crippen LogP contribution in [0.5, 0.6) is 0 Å². The van der Waals surface area contributed by atoms with Gasteiger partial charge in [-0.15, -0.1) is 0 Å². The van der Waals surface area contributed by atoms with Crippen LogP contribution in [0.3, 0.4) is 0 Å². The number of nitrogens with one attached hydrogen (secondary N) is 2. The van der Waals surface area contributed by atoms with Gasteiger partial charge in [-0.1, -0.05) is 39.0 Å². The van der Waals surface area contributed by atoms with Crippen LogP contribution in [0.25, 0.3) is 0 Å². The lowest BCUT2D eigenvalue weighted by Crippen LogP contribution is -2.33. The molecule has 0 aromatic heterocycles. The Bertz CT molecular complexity index is 519. The number of anilines is 1. The summed E-state index contributed by atoms with van der Waals surface area (Å²) in [6.07, 6.45) is -0.161. The number of para-hydroxylation sites is 1. The summed E-state index contributed by atoms with van der Waals surface area (Å²) in [7, 11) is 3.87. The zero-order chi connectivity index (χ0) is 16.8. The molecule has 0 aliphatic rings. The zero-order valence-electron chi connectivity index (χ0n) is 14.2. The lowest BCUT2D eigenvalue weighted by atomic mass is 9.86. The van der Waals surface area contributed by atoms with Crippen LogP contribution in [-0.2, 0) is 15.0 Å². The fraction of sp³-hybridized carbons (Fsp3) is 0.529. The third-order valence-corrected chi connectivity index (χ3v) is 3.21. The van der Waals surface area contributed by atoms with Gasteiger partial charge >= 0.3 is 0 Å². The summed E-state index contributed by atoms with van der Waals surface area (Å²) in [5.41, 5.74) is 1.75. The third-order valence-electron chi connectivity index (χ3n) is 3.21. The molecule has 0 bridgehead atoms. The molecular weight excluding hydrogens is 278 g/mol. The van der Waals surface area contributed by atoms with Crippen molar-refractivity contribution in [2.24, 2.45) is 0 Å². The van der Waals surface area contributed by atoms with Crippen LogP contribution < -0.4 is 10.6 Å². The van der Waals surface area contributed by atoms with E-state index in [1.165, 1.54) is 0 Å². The summed E-state index contributed by atoms with van der Waals surface area (Å²) in [4.78, 5) is 25.7. The second kappa shape index (κ2) is 7.94. The smallest absolute Gasteiger partial charge is 0.233 e. The second-order valence-electron chi connectivity index (χ2n) is 6.67. The zero-order valence-corrected chi connectivity index (χ0v) is 14.2. The van der Waals surface area contributed by atoms with E-state index in [1.807, 2.05) is 43.3 Å². The van der Waals surface area contributed by atoms with Gasteiger partial charge in [0.1, 0.15) is 6.42 Å². The summed E-state index contributed by atoms with van der Waals surface area (Å²) >= 11 is 0. The molecule has 22 heavy (non-hydrogen) atoms. The van der Waals surface area contributed by atoms with Gasteiger partial charge in [0.25, 0.3) is 0 Å². The average Bonchev–Trinajstić information content (AvgIpc) is 2.37. The molecule has 1 rings (SSSR count). The Morgan fingerprint density at radius 1 is 1.09 bits per heavy atom. The van der Waals surface area contributed by atoms with Crippen molar-refractivity contribution >= 4 is 17.5 Å². The number of hydrogen-bond acceptors (Lipinski definition) is 3. The number of carbonyl (C=O) groups is 2. The molecule has 0 saturated heterocycles. The van der Waals surface area contributed by atoms with Gasteiger partial charge in [0.15, 0.2) is 0 Å². The van der Waals surface area contributed by atoms with Crippen LogP contribution >= 0.6 is 0 Å². The molecule has 0 aliphatic heterocycles. The highest BCUT2D eigenvalue weighted by molar-refractivity contribution is 6.03. The molecule has 122 valence electrons. The van der Waals surface area contributed by atoms with Crippen molar-refractivity contribution in [1.82, 2.24) is 10.2 Å². The number of amides is 2. The number of hydrogen-bond donors (Lipinski definition) is 2. The van der Waals surface area contributed by atoms with Gasteiger partial charge in [0.2, 0.25) is 11.8 Å². The van der Waals surface area contributed by atoms with Gasteiger partial charge in [-0.25, -0.2) is 0 Å². The molecule has 2 N–H and O–H groups in total. The molecule has 0 fully saturated rings. The molecule has 0 spiro atoms. The minimum atomic E-state index is -0.293. The van der Waals surface area contributed by atoms with Crippen molar-refractivity contribution in [3.05, 3.63) is 29.8 Å². The predicted molar refractivity (Wildman–Crippen MR) is 90.0 cm³/mol. The van der Waals surface area contributed by atoms with E-state index in [0.717, 1.165) is 17.8 Å². The summed E-state index contributed by atoms with van der Waals surface area (Å²) in [6.45, 7) is 7.56. The summed E-state index contributed by atoms with van der Waals surface area (Å²) in [5, 5.41) is 5.57. The van der Waals surface area contributed by atoms with Crippen LogP contribution in [0.1, 0.15) is 32.8 Å². The second-order valence-corrected chi connectivity index (χ2v) is 6.67. The average molecular weight is 305 g/mol. The van der Waals surface area contributed by atoms with Crippen molar-refractivity contribution in [3.8, 4) is 0 Å². The molecule has 0 unspecified atom stereocenters. The lowest BCUT2D eigenvalue weighted by Gasteiger charge is -2.23. The molecule has 2 amide bonds. The third kappa shape index (κ3) is 6.26. The molecule has 5 nitrogen and oxygen atoms in total. The Hall–Kier alpha value is -1.88. The van der Waals surface area contributed by atoms with Crippen LogP contribution in [0.4, 0.5) is 5.69 Å². The standard InChI is InChI=1S/C17H27N3O2/c1-17(2,3)13-8-6-7-9-14(13)19-16(22)12-15(21)18-10-11-20(4)5/h6-9H,10-12H2,1-5H3,(H,18,21)(H,19,22). The van der Waals surface area contributed by atoms with Gasteiger partial charge in [-0.05, 0) is 31.1 Å². The Morgan fingerprint density at radius 3 is 2.32 bits per heavy atom. The van der Waals surface area contributed by atoms with Gasteiger partial charge in [-0.2, -0.15) is 0 Å². The van der Waals surface area contributed by atoms with Crippen LogP contribution in [0.15, 0.2) is 24.3 Å². The quantitative estimate of drug-likeness (QED) is 0.790.